The first kappa shape index (κ1) is 18.9. The molecule has 22 heavy (non-hydrogen) atoms. The zero-order valence-electron chi connectivity index (χ0n) is 14.8. The molecular weight excluding hydrogens is 272 g/mol. The molecule has 0 heterocycles. The highest BCUT2D eigenvalue weighted by molar-refractivity contribution is 5.36. The topological polar surface area (TPSA) is 40.5 Å². The predicted molar refractivity (Wildman–Crippen MR) is 94.7 cm³/mol. The van der Waals surface area contributed by atoms with E-state index in [-0.39, 0.29) is 12.0 Å². The molecule has 0 saturated heterocycles. The molecule has 2 nitrogen and oxygen atoms in total. The van der Waals surface area contributed by atoms with Crippen LogP contribution in [0.2, 0.25) is 0 Å². The first-order valence-electron chi connectivity index (χ1n) is 8.27. The van der Waals surface area contributed by atoms with E-state index in [1.807, 2.05) is 19.9 Å². The van der Waals surface area contributed by atoms with Crippen LogP contribution in [-0.2, 0) is 0 Å². The molecule has 1 aliphatic carbocycles. The number of hydrogen-bond acceptors (Lipinski definition) is 2. The van der Waals surface area contributed by atoms with Crippen LogP contribution in [0.25, 0.3) is 0 Å². The minimum absolute atomic E-state index is 0.0314. The number of allylic oxidation sites excluding steroid dienone is 5. The lowest BCUT2D eigenvalue weighted by atomic mass is 9.72. The van der Waals surface area contributed by atoms with Gasteiger partial charge in [-0.1, -0.05) is 54.9 Å². The van der Waals surface area contributed by atoms with E-state index in [0.717, 1.165) is 11.1 Å². The molecule has 0 amide bonds. The second kappa shape index (κ2) is 8.50. The Balaban J connectivity index is 2.76. The van der Waals surface area contributed by atoms with Gasteiger partial charge in [-0.2, -0.15) is 0 Å². The van der Waals surface area contributed by atoms with Gasteiger partial charge in [0.1, 0.15) is 0 Å². The highest BCUT2D eigenvalue weighted by Crippen LogP contribution is 2.40. The number of hydrogen-bond donors (Lipinski definition) is 2. The maximum atomic E-state index is 10.1. The van der Waals surface area contributed by atoms with Crippen LogP contribution in [0.1, 0.15) is 60.3 Å². The van der Waals surface area contributed by atoms with Crippen LogP contribution < -0.4 is 0 Å². The number of rotatable bonds is 6. The van der Waals surface area contributed by atoms with E-state index >= 15 is 0 Å². The van der Waals surface area contributed by atoms with Gasteiger partial charge in [0.05, 0.1) is 12.7 Å². The predicted octanol–water partition coefficient (Wildman–Crippen LogP) is 4.71. The first-order valence-corrected chi connectivity index (χ1v) is 8.27. The van der Waals surface area contributed by atoms with Crippen molar-refractivity contribution in [1.29, 1.82) is 0 Å². The number of aliphatic hydroxyl groups excluding tert-OH is 2. The molecule has 0 aromatic rings. The van der Waals surface area contributed by atoms with E-state index in [1.165, 1.54) is 30.4 Å². The molecule has 0 fully saturated rings. The summed E-state index contributed by atoms with van der Waals surface area (Å²) in [6.07, 6.45) is 11.7. The summed E-state index contributed by atoms with van der Waals surface area (Å²) in [5.74, 6) is 0. The van der Waals surface area contributed by atoms with Crippen LogP contribution in [0, 0.1) is 5.41 Å². The summed E-state index contributed by atoms with van der Waals surface area (Å²) in [7, 11) is 0. The van der Waals surface area contributed by atoms with Gasteiger partial charge in [-0.3, -0.25) is 0 Å². The summed E-state index contributed by atoms with van der Waals surface area (Å²) in [4.78, 5) is 0. The Labute approximate surface area is 135 Å². The van der Waals surface area contributed by atoms with Crippen molar-refractivity contribution in [1.82, 2.24) is 0 Å². The van der Waals surface area contributed by atoms with Gasteiger partial charge in [0.15, 0.2) is 0 Å². The molecule has 1 unspecified atom stereocenters. The van der Waals surface area contributed by atoms with E-state index in [0.29, 0.717) is 6.42 Å². The summed E-state index contributed by atoms with van der Waals surface area (Å²) in [5, 5.41) is 18.9. The molecule has 0 saturated carbocycles. The van der Waals surface area contributed by atoms with E-state index in [4.69, 9.17) is 5.11 Å². The third-order valence-corrected chi connectivity index (χ3v) is 4.48. The van der Waals surface area contributed by atoms with Gasteiger partial charge in [0, 0.05) is 0 Å². The molecule has 2 heteroatoms. The Hall–Kier alpha value is -1.12. The molecule has 0 aromatic carbocycles. The Bertz CT molecular complexity index is 490. The van der Waals surface area contributed by atoms with Gasteiger partial charge >= 0.3 is 0 Å². The molecule has 1 atom stereocenters. The smallest absolute Gasteiger partial charge is 0.0763 e. The summed E-state index contributed by atoms with van der Waals surface area (Å²) in [6.45, 7) is 10.8. The van der Waals surface area contributed by atoms with Gasteiger partial charge in [-0.05, 0) is 57.4 Å². The molecule has 124 valence electrons. The summed E-state index contributed by atoms with van der Waals surface area (Å²) < 4.78 is 0. The van der Waals surface area contributed by atoms with Crippen molar-refractivity contribution in [3.63, 3.8) is 0 Å². The molecule has 1 aliphatic rings. The molecule has 0 bridgehead atoms. The van der Waals surface area contributed by atoms with Crippen molar-refractivity contribution in [3.05, 3.63) is 46.6 Å². The molecule has 0 spiro atoms. The molecule has 0 aromatic heterocycles. The van der Waals surface area contributed by atoms with Crippen LogP contribution in [0.3, 0.4) is 0 Å². The quantitative estimate of drug-likeness (QED) is 0.551. The van der Waals surface area contributed by atoms with Crippen LogP contribution in [0.5, 0.6) is 0 Å². The Morgan fingerprint density at radius 2 is 2.00 bits per heavy atom. The lowest BCUT2D eigenvalue weighted by Crippen LogP contribution is -2.19. The van der Waals surface area contributed by atoms with E-state index in [2.05, 4.69) is 32.9 Å². The standard InChI is InChI=1S/C20H32O2/c1-15(13-18(22)14-16(2)10-12-21)8-9-19-17(3)7-6-11-20(19,4)5/h8-10,13,18,21-22H,6-7,11-12,14H2,1-5H3/b9-8+,15-13+,16-10+. The van der Waals surface area contributed by atoms with E-state index in [9.17, 15) is 5.11 Å². The Kier molecular flexibility index (Phi) is 7.31. The fourth-order valence-electron chi connectivity index (χ4n) is 3.21. The van der Waals surface area contributed by atoms with Gasteiger partial charge in [0.25, 0.3) is 0 Å². The molecule has 0 aliphatic heterocycles. The van der Waals surface area contributed by atoms with Crippen LogP contribution >= 0.6 is 0 Å². The molecule has 1 rings (SSSR count). The lowest BCUT2D eigenvalue weighted by Gasteiger charge is -2.33. The fraction of sp³-hybridized carbons (Fsp3) is 0.600. The van der Waals surface area contributed by atoms with Crippen molar-refractivity contribution in [2.24, 2.45) is 5.41 Å². The average Bonchev–Trinajstić information content (AvgIpc) is 2.37. The zero-order valence-corrected chi connectivity index (χ0v) is 14.8. The largest absolute Gasteiger partial charge is 0.392 e. The van der Waals surface area contributed by atoms with Crippen LogP contribution in [0.4, 0.5) is 0 Å². The van der Waals surface area contributed by atoms with Crippen LogP contribution in [0.15, 0.2) is 46.6 Å². The van der Waals surface area contributed by atoms with Gasteiger partial charge in [-0.25, -0.2) is 0 Å². The highest BCUT2D eigenvalue weighted by atomic mass is 16.3. The Morgan fingerprint density at radius 3 is 2.59 bits per heavy atom. The minimum atomic E-state index is -0.498. The number of aliphatic hydroxyl groups is 2. The first-order chi connectivity index (χ1) is 10.3. The van der Waals surface area contributed by atoms with Crippen molar-refractivity contribution in [3.8, 4) is 0 Å². The molecular formula is C20H32O2. The van der Waals surface area contributed by atoms with Gasteiger partial charge in [0.2, 0.25) is 0 Å². The molecule has 0 radical (unpaired) electrons. The zero-order chi connectivity index (χ0) is 16.8. The SMILES string of the molecule is CC1=C(/C=C/C(C)=C/C(O)C/C(C)=C/CO)C(C)(C)CCC1. The van der Waals surface area contributed by atoms with Gasteiger partial charge < -0.3 is 10.2 Å². The van der Waals surface area contributed by atoms with Crippen molar-refractivity contribution in [2.75, 3.05) is 6.61 Å². The summed E-state index contributed by atoms with van der Waals surface area (Å²) in [5.41, 5.74) is 5.26. The van der Waals surface area contributed by atoms with E-state index < -0.39 is 6.10 Å². The summed E-state index contributed by atoms with van der Waals surface area (Å²) >= 11 is 0. The average molecular weight is 304 g/mol. The fourth-order valence-corrected chi connectivity index (χ4v) is 3.21. The van der Waals surface area contributed by atoms with Crippen LogP contribution in [-0.4, -0.2) is 22.9 Å². The Morgan fingerprint density at radius 1 is 1.32 bits per heavy atom. The maximum Gasteiger partial charge on any atom is 0.0763 e. The third kappa shape index (κ3) is 5.94. The lowest BCUT2D eigenvalue weighted by molar-refractivity contribution is 0.222. The molecule has 2 N–H and O–H groups in total. The maximum absolute atomic E-state index is 10.1. The summed E-state index contributed by atoms with van der Waals surface area (Å²) in [6, 6.07) is 0. The normalized spacial score (nSPS) is 21.6. The van der Waals surface area contributed by atoms with Crippen molar-refractivity contribution >= 4 is 0 Å². The van der Waals surface area contributed by atoms with Crippen molar-refractivity contribution in [2.45, 2.75) is 66.4 Å². The third-order valence-electron chi connectivity index (χ3n) is 4.48. The second-order valence-corrected chi connectivity index (χ2v) is 7.18. The van der Waals surface area contributed by atoms with Crippen molar-refractivity contribution < 1.29 is 10.2 Å². The monoisotopic (exact) mass is 304 g/mol. The second-order valence-electron chi connectivity index (χ2n) is 7.18. The van der Waals surface area contributed by atoms with Gasteiger partial charge in [-0.15, -0.1) is 0 Å². The van der Waals surface area contributed by atoms with E-state index in [1.54, 1.807) is 6.08 Å². The highest BCUT2D eigenvalue weighted by Gasteiger charge is 2.26. The minimum Gasteiger partial charge on any atom is -0.392 e.